The van der Waals surface area contributed by atoms with Gasteiger partial charge in [-0.05, 0) is 70.6 Å². The normalized spacial score (nSPS) is 17.6. The van der Waals surface area contributed by atoms with Gasteiger partial charge in [-0.15, -0.1) is 0 Å². The van der Waals surface area contributed by atoms with Gasteiger partial charge in [-0.3, -0.25) is 0 Å². The Balaban J connectivity index is 1.51. The fourth-order valence-corrected chi connectivity index (χ4v) is 6.17. The Morgan fingerprint density at radius 3 is 1.75 bits per heavy atom. The fourth-order valence-electron chi connectivity index (χ4n) is 6.17. The Bertz CT molecular complexity index is 4060. The van der Waals surface area contributed by atoms with Crippen LogP contribution in [0.15, 0.2) is 196 Å². The molecule has 0 aliphatic carbocycles. The molecule has 0 amide bonds. The number of benzene rings is 8. The van der Waals surface area contributed by atoms with Crippen molar-refractivity contribution in [2.24, 2.45) is 0 Å². The molecule has 0 atom stereocenters. The van der Waals surface area contributed by atoms with Crippen LogP contribution in [0.1, 0.15) is 30.2 Å². The topological polar surface area (TPSA) is 29.5 Å². The van der Waals surface area contributed by atoms with Gasteiger partial charge in [0.2, 0.25) is 0 Å². The summed E-state index contributed by atoms with van der Waals surface area (Å²) < 4.78 is 210. The lowest BCUT2D eigenvalue weighted by Gasteiger charge is -2.29. The molecule has 0 saturated heterocycles. The summed E-state index contributed by atoms with van der Waals surface area (Å²) >= 11 is 0. The predicted octanol–water partition coefficient (Wildman–Crippen LogP) is 14.0. The first kappa shape index (κ1) is 14.6. The smallest absolute Gasteiger partial charge is 0.145 e. The van der Waals surface area contributed by atoms with Gasteiger partial charge in [-0.1, -0.05) is 139 Å². The van der Waals surface area contributed by atoms with E-state index < -0.39 is 210 Å². The fraction of sp³-hybridized carbons (Fsp3) is 0. The molecule has 2 aromatic heterocycles. The van der Waals surface area contributed by atoms with Gasteiger partial charge >= 0.3 is 0 Å². The van der Waals surface area contributed by atoms with Crippen molar-refractivity contribution in [1.82, 2.24) is 0 Å². The molecule has 240 valence electrons. The Morgan fingerprint density at radius 1 is 0.412 bits per heavy atom. The van der Waals surface area contributed by atoms with Crippen molar-refractivity contribution in [1.29, 1.82) is 0 Å². The van der Waals surface area contributed by atoms with Gasteiger partial charge in [-0.2, -0.15) is 0 Å². The highest BCUT2D eigenvalue weighted by molar-refractivity contribution is 6.19. The summed E-state index contributed by atoms with van der Waals surface area (Å²) in [5.41, 5.74) is -4.75. The highest BCUT2D eigenvalue weighted by atomic mass is 16.3. The van der Waals surface area contributed by atoms with Gasteiger partial charge < -0.3 is 13.7 Å². The van der Waals surface area contributed by atoms with Crippen molar-refractivity contribution < 1.29 is 39.0 Å². The van der Waals surface area contributed by atoms with E-state index in [0.29, 0.717) is 5.56 Å². The minimum Gasteiger partial charge on any atom is -0.455 e. The lowest BCUT2D eigenvalue weighted by atomic mass is 9.96. The summed E-state index contributed by atoms with van der Waals surface area (Å²) in [6.07, 6.45) is 0. The number of rotatable bonds is 6. The lowest BCUT2D eigenvalue weighted by Crippen LogP contribution is -2.12. The Morgan fingerprint density at radius 2 is 1.00 bits per heavy atom. The van der Waals surface area contributed by atoms with Crippen LogP contribution in [0.25, 0.3) is 77.3 Å². The third-order valence-corrected chi connectivity index (χ3v) is 8.39. The molecular formula is C48H31NO2. The SMILES string of the molecule is [2H]c1c([2H])c([2H])c(-c2c(N(c3ccc(-c4ccccc4)cc3)c3c([2H])c([2H])c(-c4c([2H])c([2H])c([2H])c([2H])c4[2H])c4oc5c([2H])c([2H])c([2H])c([2H])c5c34)c([2H])c([2H])c3c2oc2c([2H])c([2H])c([2H])c([2H])c23)c([2H])c1[2H]. The Hall–Kier alpha value is -6.84. The van der Waals surface area contributed by atoms with E-state index in [1.807, 2.05) is 0 Å². The van der Waals surface area contributed by atoms with Crippen molar-refractivity contribution in [2.75, 3.05) is 4.90 Å². The molecule has 3 nitrogen and oxygen atoms in total. The third kappa shape index (κ3) is 4.82. The molecular weight excluding hydrogens is 623 g/mol. The van der Waals surface area contributed by atoms with Crippen molar-refractivity contribution >= 4 is 60.9 Å². The van der Waals surface area contributed by atoms with Crippen LogP contribution in [0.3, 0.4) is 0 Å². The van der Waals surface area contributed by atoms with E-state index in [1.165, 1.54) is 12.1 Å². The zero-order chi connectivity index (χ0) is 52.9. The molecule has 3 heteroatoms. The van der Waals surface area contributed by atoms with Gasteiger partial charge in [0.1, 0.15) is 22.3 Å². The van der Waals surface area contributed by atoms with Crippen molar-refractivity contribution in [3.8, 4) is 33.4 Å². The van der Waals surface area contributed by atoms with Crippen LogP contribution in [0.5, 0.6) is 0 Å². The summed E-state index contributed by atoms with van der Waals surface area (Å²) in [5.74, 6) is 0. The Kier molecular flexibility index (Phi) is 3.41. The molecule has 10 aromatic rings. The largest absolute Gasteiger partial charge is 0.455 e. The van der Waals surface area contributed by atoms with Gasteiger partial charge in [0, 0.05) is 33.0 Å². The summed E-state index contributed by atoms with van der Waals surface area (Å²) in [6, 6.07) is -2.96. The summed E-state index contributed by atoms with van der Waals surface area (Å²) in [7, 11) is 0. The van der Waals surface area contributed by atoms with E-state index in [4.69, 9.17) is 29.4 Å². The molecule has 51 heavy (non-hydrogen) atoms. The molecule has 8 aromatic carbocycles. The number of hydrogen-bond donors (Lipinski definition) is 0. The predicted molar refractivity (Wildman–Crippen MR) is 212 cm³/mol. The molecule has 0 fully saturated rings. The van der Waals surface area contributed by atoms with Gasteiger partial charge in [0.15, 0.2) is 0 Å². The van der Waals surface area contributed by atoms with E-state index in [1.54, 1.807) is 42.5 Å². The first-order valence-electron chi connectivity index (χ1n) is 26.5. The van der Waals surface area contributed by atoms with E-state index >= 15 is 0 Å². The minimum atomic E-state index is -0.906. The highest BCUT2D eigenvalue weighted by Gasteiger charge is 2.26. The highest BCUT2D eigenvalue weighted by Crippen LogP contribution is 2.50. The van der Waals surface area contributed by atoms with Crippen LogP contribution in [-0.4, -0.2) is 0 Å². The molecule has 0 aliphatic rings. The molecule has 0 N–H and O–H groups in total. The molecule has 0 aliphatic heterocycles. The zero-order valence-electron chi connectivity index (χ0n) is 48.0. The summed E-state index contributed by atoms with van der Waals surface area (Å²) in [6.45, 7) is 0. The van der Waals surface area contributed by atoms with E-state index in [2.05, 4.69) is 0 Å². The molecule has 0 radical (unpaired) electrons. The number of para-hydroxylation sites is 2. The minimum absolute atomic E-state index is 0.0687. The van der Waals surface area contributed by atoms with E-state index in [0.717, 1.165) is 10.5 Å². The maximum Gasteiger partial charge on any atom is 0.145 e. The number of nitrogens with zero attached hydrogens (tertiary/aromatic N) is 1. The summed E-state index contributed by atoms with van der Waals surface area (Å²) in [5, 5.41) is -1.75. The lowest BCUT2D eigenvalue weighted by molar-refractivity contribution is 0.670. The molecule has 10 rings (SSSR count). The first-order valence-corrected chi connectivity index (χ1v) is 15.5. The van der Waals surface area contributed by atoms with Crippen LogP contribution >= 0.6 is 0 Å². The van der Waals surface area contributed by atoms with Crippen molar-refractivity contribution in [3.63, 3.8) is 0 Å². The number of hydrogen-bond acceptors (Lipinski definition) is 3. The molecule has 0 spiro atoms. The van der Waals surface area contributed by atoms with Crippen molar-refractivity contribution in [2.45, 2.75) is 0 Å². The van der Waals surface area contributed by atoms with E-state index in [-0.39, 0.29) is 5.69 Å². The maximum absolute atomic E-state index is 10.0. The number of fused-ring (bicyclic) bond motifs is 6. The maximum atomic E-state index is 10.0. The molecule has 0 bridgehead atoms. The third-order valence-electron chi connectivity index (χ3n) is 8.39. The quantitative estimate of drug-likeness (QED) is 0.176. The van der Waals surface area contributed by atoms with Gasteiger partial charge in [0.05, 0.1) is 46.9 Å². The number of anilines is 3. The monoisotopic (exact) mass is 675 g/mol. The Labute approximate surface area is 326 Å². The zero-order valence-corrected chi connectivity index (χ0v) is 26.0. The van der Waals surface area contributed by atoms with Gasteiger partial charge in [-0.25, -0.2) is 0 Å². The average molecular weight is 676 g/mol. The van der Waals surface area contributed by atoms with Crippen molar-refractivity contribution in [3.05, 3.63) is 188 Å². The van der Waals surface area contributed by atoms with Crippen LogP contribution in [-0.2, 0) is 0 Å². The van der Waals surface area contributed by atoms with Crippen LogP contribution < -0.4 is 4.90 Å². The molecule has 2 heterocycles. The molecule has 0 unspecified atom stereocenters. The first-order chi connectivity index (χ1) is 34.5. The van der Waals surface area contributed by atoms with Gasteiger partial charge in [0.25, 0.3) is 0 Å². The molecule has 0 saturated carbocycles. The second kappa shape index (κ2) is 11.9. The van der Waals surface area contributed by atoms with Crippen LogP contribution in [0.2, 0.25) is 0 Å². The standard InChI is InChI=1S/C48H31NO2/c1-4-14-32(15-5-1)33-24-26-36(27-25-33)49(41-31-29-39-38-20-10-12-22-43(38)50-48(39)45(41)35-18-8-3-9-19-35)42-30-28-37(34-16-6-2-7-17-34)47-46(42)40-21-11-13-23-44(40)51-47/h1-31H/i2D,3D,6D,7D,8D,9D,10D,11D,12D,13D,16D,17D,18D,19D,20D,21D,22D,23D,28D,29D,30D,31D. The number of furan rings is 2. The second-order valence-electron chi connectivity index (χ2n) is 11.2. The van der Waals surface area contributed by atoms with Crippen LogP contribution in [0.4, 0.5) is 17.1 Å². The van der Waals surface area contributed by atoms with E-state index in [9.17, 15) is 9.60 Å². The summed E-state index contributed by atoms with van der Waals surface area (Å²) in [4.78, 5) is 1.07. The van der Waals surface area contributed by atoms with Crippen LogP contribution in [0, 0.1) is 0 Å². The average Bonchev–Trinajstić information content (AvgIpc) is 3.99. The second-order valence-corrected chi connectivity index (χ2v) is 11.2.